The number of aromatic nitrogens is 3. The first-order valence-electron chi connectivity index (χ1n) is 14.4. The molecule has 2 aromatic carbocycles. The van der Waals surface area contributed by atoms with Crippen LogP contribution in [-0.4, -0.2) is 82.6 Å². The van der Waals surface area contributed by atoms with Gasteiger partial charge in [0.1, 0.15) is 40.6 Å². The summed E-state index contributed by atoms with van der Waals surface area (Å²) in [5.74, 6) is -0.972. The molecule has 2 fully saturated rings. The molecule has 0 aliphatic carbocycles. The normalized spacial score (nSPS) is 16.3. The summed E-state index contributed by atoms with van der Waals surface area (Å²) in [5, 5.41) is 21.4. The minimum atomic E-state index is -0.781. The van der Waals surface area contributed by atoms with Crippen molar-refractivity contribution in [2.24, 2.45) is 0 Å². The summed E-state index contributed by atoms with van der Waals surface area (Å²) in [7, 11) is 3.13. The Morgan fingerprint density at radius 1 is 1.07 bits per heavy atom. The van der Waals surface area contributed by atoms with Crippen molar-refractivity contribution in [2.45, 2.75) is 44.6 Å². The van der Waals surface area contributed by atoms with Gasteiger partial charge in [-0.3, -0.25) is 4.90 Å². The Kier molecular flexibility index (Phi) is 7.48. The van der Waals surface area contributed by atoms with Gasteiger partial charge in [0.15, 0.2) is 5.82 Å². The lowest BCUT2D eigenvalue weighted by Gasteiger charge is -2.31. The Morgan fingerprint density at radius 3 is 2.52 bits per heavy atom. The van der Waals surface area contributed by atoms with E-state index in [4.69, 9.17) is 9.47 Å². The molecular weight excluding hydrogens is 544 g/mol. The van der Waals surface area contributed by atoms with Crippen molar-refractivity contribution in [3.05, 3.63) is 41.5 Å². The molecule has 2 aliphatic heterocycles. The summed E-state index contributed by atoms with van der Waals surface area (Å²) < 4.78 is 43.5. The van der Waals surface area contributed by atoms with Crippen molar-refractivity contribution < 1.29 is 28.5 Å². The van der Waals surface area contributed by atoms with E-state index in [9.17, 15) is 14.6 Å². The Bertz CT molecular complexity index is 1660. The second kappa shape index (κ2) is 11.1. The molecule has 0 bridgehead atoms. The molecule has 0 spiro atoms. The van der Waals surface area contributed by atoms with E-state index in [0.29, 0.717) is 35.2 Å². The average molecular weight is 580 g/mol. The van der Waals surface area contributed by atoms with Crippen molar-refractivity contribution in [2.75, 3.05) is 51.9 Å². The highest BCUT2D eigenvalue weighted by atomic mass is 19.1. The summed E-state index contributed by atoms with van der Waals surface area (Å²) in [6.45, 7) is 4.32. The molecule has 0 amide bonds. The molecule has 0 unspecified atom stereocenters. The van der Waals surface area contributed by atoms with E-state index in [1.165, 1.54) is 25.3 Å². The van der Waals surface area contributed by atoms with Gasteiger partial charge in [0.25, 0.3) is 0 Å². The molecule has 0 atom stereocenters. The van der Waals surface area contributed by atoms with Crippen LogP contribution in [0.15, 0.2) is 24.3 Å². The predicted molar refractivity (Wildman–Crippen MR) is 156 cm³/mol. The molecule has 4 aromatic rings. The number of hydrogen-bond acceptors (Lipinski definition) is 9. The van der Waals surface area contributed by atoms with Crippen LogP contribution in [0.25, 0.3) is 32.9 Å². The number of aliphatic hydroxyl groups is 1. The number of aliphatic hydroxyl groups excluding tert-OH is 1. The Balaban J connectivity index is 1.57. The fourth-order valence-electron chi connectivity index (χ4n) is 6.72. The van der Waals surface area contributed by atoms with E-state index in [2.05, 4.69) is 19.9 Å². The fraction of sp³-hybridized carbons (Fsp3) is 0.452. The van der Waals surface area contributed by atoms with Gasteiger partial charge in [-0.25, -0.2) is 13.8 Å². The van der Waals surface area contributed by atoms with Gasteiger partial charge in [0.2, 0.25) is 5.88 Å². The third-order valence-electron chi connectivity index (χ3n) is 8.75. The second-order valence-corrected chi connectivity index (χ2v) is 11.2. The van der Waals surface area contributed by atoms with E-state index in [0.717, 1.165) is 38.8 Å². The second-order valence-electron chi connectivity index (χ2n) is 11.2. The van der Waals surface area contributed by atoms with Crippen LogP contribution in [0.3, 0.4) is 0 Å². The number of likely N-dealkylation sites (N-methyl/N-ethyl adjacent to an activating group) is 1. The lowest BCUT2D eigenvalue weighted by molar-refractivity contribution is 0.108. The third-order valence-corrected chi connectivity index (χ3v) is 8.75. The van der Waals surface area contributed by atoms with Crippen LogP contribution in [0.5, 0.6) is 17.6 Å². The first kappa shape index (κ1) is 28.3. The molecule has 6 rings (SSSR count). The first-order chi connectivity index (χ1) is 20.3. The molecule has 222 valence electrons. The SMILES string of the molecule is CCc1c(F)ccc2cc(O)cc(-c3nc(OC)c4c(N(C)CCO)nc(OCC56CCCN5CCC6)nc4c3F)c12. The van der Waals surface area contributed by atoms with Gasteiger partial charge in [0, 0.05) is 19.2 Å². The molecule has 2 N–H and O–H groups in total. The molecule has 9 nitrogen and oxygen atoms in total. The number of pyridine rings is 1. The van der Waals surface area contributed by atoms with Gasteiger partial charge in [0.05, 0.1) is 19.3 Å². The molecule has 0 saturated carbocycles. The van der Waals surface area contributed by atoms with Crippen LogP contribution in [0.4, 0.5) is 14.6 Å². The number of hydrogen-bond donors (Lipinski definition) is 2. The lowest BCUT2D eigenvalue weighted by atomic mass is 9.94. The Labute approximate surface area is 242 Å². The van der Waals surface area contributed by atoms with Crippen molar-refractivity contribution in [3.63, 3.8) is 0 Å². The summed E-state index contributed by atoms with van der Waals surface area (Å²) >= 11 is 0. The van der Waals surface area contributed by atoms with E-state index >= 15 is 4.39 Å². The van der Waals surface area contributed by atoms with Crippen LogP contribution >= 0.6 is 0 Å². The van der Waals surface area contributed by atoms with Crippen LogP contribution in [0.2, 0.25) is 0 Å². The predicted octanol–water partition coefficient (Wildman–Crippen LogP) is 4.84. The van der Waals surface area contributed by atoms with Gasteiger partial charge in [-0.1, -0.05) is 13.0 Å². The topological polar surface area (TPSA) is 104 Å². The van der Waals surface area contributed by atoms with Crippen LogP contribution in [0.1, 0.15) is 38.2 Å². The molecule has 2 aromatic heterocycles. The first-order valence-corrected chi connectivity index (χ1v) is 14.4. The number of halogens is 2. The number of methoxy groups -OCH3 is 1. The van der Waals surface area contributed by atoms with E-state index < -0.39 is 11.6 Å². The van der Waals surface area contributed by atoms with Gasteiger partial charge < -0.3 is 24.6 Å². The largest absolute Gasteiger partial charge is 0.508 e. The van der Waals surface area contributed by atoms with Gasteiger partial charge >= 0.3 is 6.01 Å². The number of nitrogens with zero attached hydrogens (tertiary/aromatic N) is 5. The average Bonchev–Trinajstić information content (AvgIpc) is 3.57. The van der Waals surface area contributed by atoms with E-state index in [1.54, 1.807) is 18.0 Å². The summed E-state index contributed by atoms with van der Waals surface area (Å²) in [6, 6.07) is 5.79. The highest BCUT2D eigenvalue weighted by Gasteiger charge is 2.45. The van der Waals surface area contributed by atoms with Crippen molar-refractivity contribution in [1.82, 2.24) is 19.9 Å². The highest BCUT2D eigenvalue weighted by Crippen LogP contribution is 2.43. The van der Waals surface area contributed by atoms with Crippen molar-refractivity contribution in [1.29, 1.82) is 0 Å². The summed E-state index contributed by atoms with van der Waals surface area (Å²) in [4.78, 5) is 17.8. The maximum atomic E-state index is 16.7. The van der Waals surface area contributed by atoms with Crippen LogP contribution in [-0.2, 0) is 6.42 Å². The molecule has 4 heterocycles. The summed E-state index contributed by atoms with van der Waals surface area (Å²) in [6.07, 6.45) is 4.60. The number of anilines is 1. The lowest BCUT2D eigenvalue weighted by Crippen LogP contribution is -2.43. The number of fused-ring (bicyclic) bond motifs is 3. The number of phenolic OH excluding ortho intramolecular Hbond substituents is 1. The number of aromatic hydroxyl groups is 1. The van der Waals surface area contributed by atoms with E-state index in [-0.39, 0.29) is 58.5 Å². The number of aryl methyl sites for hydroxylation is 1. The standard InChI is InChI=1S/C31H35F2N5O4/c1-4-20-22(32)8-7-18-15-19(40)16-21(23(18)20)26-25(33)27-24(29(34-26)41-3)28(37(2)13-14-39)36-30(35-27)42-17-31-9-5-11-38(31)12-6-10-31/h7-8,15-16,39-40H,4-6,9-14,17H2,1-3H3. The number of ether oxygens (including phenoxy) is 2. The molecule has 42 heavy (non-hydrogen) atoms. The zero-order valence-electron chi connectivity index (χ0n) is 24.1. The highest BCUT2D eigenvalue weighted by molar-refractivity contribution is 6.03. The fourth-order valence-corrected chi connectivity index (χ4v) is 6.72. The summed E-state index contributed by atoms with van der Waals surface area (Å²) in [5.41, 5.74) is 0.305. The van der Waals surface area contributed by atoms with Gasteiger partial charge in [-0.15, -0.1) is 0 Å². The maximum Gasteiger partial charge on any atom is 0.319 e. The zero-order valence-corrected chi connectivity index (χ0v) is 24.1. The van der Waals surface area contributed by atoms with Crippen molar-refractivity contribution in [3.8, 4) is 28.9 Å². The van der Waals surface area contributed by atoms with E-state index in [1.807, 2.05) is 6.92 Å². The van der Waals surface area contributed by atoms with Crippen LogP contribution < -0.4 is 14.4 Å². The Hall–Kier alpha value is -3.83. The molecule has 0 radical (unpaired) electrons. The van der Waals surface area contributed by atoms with Crippen LogP contribution in [0, 0.1) is 11.6 Å². The minimum absolute atomic E-state index is 0.00887. The van der Waals surface area contributed by atoms with Crippen molar-refractivity contribution >= 4 is 27.5 Å². The number of rotatable bonds is 9. The smallest absolute Gasteiger partial charge is 0.319 e. The van der Waals surface area contributed by atoms with Gasteiger partial charge in [-0.05, 0) is 79.7 Å². The molecular formula is C31H35F2N5O4. The quantitative estimate of drug-likeness (QED) is 0.288. The Morgan fingerprint density at radius 2 is 1.83 bits per heavy atom. The zero-order chi connectivity index (χ0) is 29.6. The molecule has 11 heteroatoms. The molecule has 2 aliphatic rings. The third kappa shape index (κ3) is 4.64. The molecule has 2 saturated heterocycles. The monoisotopic (exact) mass is 579 g/mol. The number of benzene rings is 2. The maximum absolute atomic E-state index is 16.7. The number of phenols is 1. The van der Waals surface area contributed by atoms with Gasteiger partial charge in [-0.2, -0.15) is 9.97 Å². The minimum Gasteiger partial charge on any atom is -0.508 e.